The molecule has 0 spiro atoms. The highest BCUT2D eigenvalue weighted by molar-refractivity contribution is 5.17. The Balaban J connectivity index is 1.92. The monoisotopic (exact) mass is 191 g/mol. The molecule has 0 bridgehead atoms. The molecule has 2 atom stereocenters. The van der Waals surface area contributed by atoms with Crippen LogP contribution < -0.4 is 5.32 Å². The van der Waals surface area contributed by atoms with E-state index < -0.39 is 0 Å². The minimum Gasteiger partial charge on any atom is -0.388 e. The molecule has 1 aromatic carbocycles. The third kappa shape index (κ3) is 2.34. The summed E-state index contributed by atoms with van der Waals surface area (Å²) in [4.78, 5) is 0. The van der Waals surface area contributed by atoms with Gasteiger partial charge in [0.2, 0.25) is 0 Å². The van der Waals surface area contributed by atoms with Crippen molar-refractivity contribution in [3.05, 3.63) is 35.9 Å². The van der Waals surface area contributed by atoms with Crippen LogP contribution in [0.3, 0.4) is 0 Å². The van der Waals surface area contributed by atoms with Crippen molar-refractivity contribution in [3.8, 4) is 0 Å². The molecule has 1 saturated heterocycles. The van der Waals surface area contributed by atoms with Crippen molar-refractivity contribution in [2.24, 2.45) is 0 Å². The SMILES string of the molecule is O[C@H](C[C@H]1CCCN1)c1ccccc1. The number of rotatable bonds is 3. The highest BCUT2D eigenvalue weighted by Crippen LogP contribution is 2.21. The van der Waals surface area contributed by atoms with Gasteiger partial charge < -0.3 is 10.4 Å². The molecule has 0 amide bonds. The maximum atomic E-state index is 9.94. The first-order valence-electron chi connectivity index (χ1n) is 5.32. The molecule has 0 aliphatic carbocycles. The van der Waals surface area contributed by atoms with E-state index >= 15 is 0 Å². The van der Waals surface area contributed by atoms with E-state index in [1.54, 1.807) is 0 Å². The Labute approximate surface area is 85.0 Å². The van der Waals surface area contributed by atoms with E-state index in [0.717, 1.165) is 18.5 Å². The van der Waals surface area contributed by atoms with Crippen LogP contribution in [0, 0.1) is 0 Å². The van der Waals surface area contributed by atoms with Gasteiger partial charge in [-0.15, -0.1) is 0 Å². The van der Waals surface area contributed by atoms with Crippen molar-refractivity contribution in [3.63, 3.8) is 0 Å². The zero-order valence-electron chi connectivity index (χ0n) is 8.32. The van der Waals surface area contributed by atoms with Gasteiger partial charge in [-0.25, -0.2) is 0 Å². The van der Waals surface area contributed by atoms with E-state index in [-0.39, 0.29) is 6.10 Å². The fourth-order valence-electron chi connectivity index (χ4n) is 2.04. The van der Waals surface area contributed by atoms with Gasteiger partial charge >= 0.3 is 0 Å². The van der Waals surface area contributed by atoms with E-state index in [9.17, 15) is 5.11 Å². The summed E-state index contributed by atoms with van der Waals surface area (Å²) in [5, 5.41) is 13.3. The topological polar surface area (TPSA) is 32.3 Å². The van der Waals surface area contributed by atoms with Crippen molar-refractivity contribution >= 4 is 0 Å². The molecule has 0 radical (unpaired) electrons. The smallest absolute Gasteiger partial charge is 0.0804 e. The van der Waals surface area contributed by atoms with E-state index in [1.165, 1.54) is 12.8 Å². The summed E-state index contributed by atoms with van der Waals surface area (Å²) in [6.45, 7) is 1.10. The van der Waals surface area contributed by atoms with Crippen molar-refractivity contribution in [2.75, 3.05) is 6.54 Å². The minimum absolute atomic E-state index is 0.313. The molecule has 0 saturated carbocycles. The maximum absolute atomic E-state index is 9.94. The van der Waals surface area contributed by atoms with Crippen LogP contribution in [-0.4, -0.2) is 17.7 Å². The van der Waals surface area contributed by atoms with Crippen molar-refractivity contribution in [1.29, 1.82) is 0 Å². The molecular weight excluding hydrogens is 174 g/mol. The predicted octanol–water partition coefficient (Wildman–Crippen LogP) is 1.86. The second-order valence-corrected chi connectivity index (χ2v) is 3.96. The van der Waals surface area contributed by atoms with E-state index in [1.807, 2.05) is 30.3 Å². The summed E-state index contributed by atoms with van der Waals surface area (Å²) in [5.41, 5.74) is 1.03. The maximum Gasteiger partial charge on any atom is 0.0804 e. The molecule has 1 fully saturated rings. The number of hydrogen-bond acceptors (Lipinski definition) is 2. The second-order valence-electron chi connectivity index (χ2n) is 3.96. The van der Waals surface area contributed by atoms with Crippen molar-refractivity contribution in [1.82, 2.24) is 5.32 Å². The molecule has 1 aromatic rings. The fourth-order valence-corrected chi connectivity index (χ4v) is 2.04. The number of aliphatic hydroxyl groups is 1. The number of benzene rings is 1. The van der Waals surface area contributed by atoms with Gasteiger partial charge in [-0.05, 0) is 31.4 Å². The van der Waals surface area contributed by atoms with Gasteiger partial charge in [0.15, 0.2) is 0 Å². The van der Waals surface area contributed by atoms with Crippen molar-refractivity contribution in [2.45, 2.75) is 31.4 Å². The van der Waals surface area contributed by atoms with Gasteiger partial charge in [0, 0.05) is 6.04 Å². The molecule has 1 heterocycles. The molecule has 14 heavy (non-hydrogen) atoms. The van der Waals surface area contributed by atoms with Gasteiger partial charge in [0.05, 0.1) is 6.10 Å². The summed E-state index contributed by atoms with van der Waals surface area (Å²) in [6, 6.07) is 10.4. The van der Waals surface area contributed by atoms with E-state index in [0.29, 0.717) is 6.04 Å². The Bertz CT molecular complexity index is 267. The second kappa shape index (κ2) is 4.58. The molecule has 2 nitrogen and oxygen atoms in total. The first-order valence-corrected chi connectivity index (χ1v) is 5.32. The molecule has 76 valence electrons. The highest BCUT2D eigenvalue weighted by atomic mass is 16.3. The number of hydrogen-bond donors (Lipinski definition) is 2. The van der Waals surface area contributed by atoms with Gasteiger partial charge in [0.1, 0.15) is 0 Å². The molecule has 2 rings (SSSR count). The molecular formula is C12H17NO. The summed E-state index contributed by atoms with van der Waals surface area (Å²) in [7, 11) is 0. The lowest BCUT2D eigenvalue weighted by molar-refractivity contribution is 0.154. The van der Waals surface area contributed by atoms with Crippen LogP contribution in [0.15, 0.2) is 30.3 Å². The van der Waals surface area contributed by atoms with Crippen LogP contribution in [0.2, 0.25) is 0 Å². The quantitative estimate of drug-likeness (QED) is 0.764. The largest absolute Gasteiger partial charge is 0.388 e. The summed E-state index contributed by atoms with van der Waals surface area (Å²) < 4.78 is 0. The first kappa shape index (κ1) is 9.69. The summed E-state index contributed by atoms with van der Waals surface area (Å²) >= 11 is 0. The normalized spacial score (nSPS) is 23.6. The van der Waals surface area contributed by atoms with Crippen LogP contribution in [0.25, 0.3) is 0 Å². The zero-order chi connectivity index (χ0) is 9.80. The Morgan fingerprint density at radius 2 is 2.14 bits per heavy atom. The summed E-state index contributed by atoms with van der Waals surface area (Å²) in [5.74, 6) is 0. The van der Waals surface area contributed by atoms with Crippen LogP contribution in [0.1, 0.15) is 30.9 Å². The van der Waals surface area contributed by atoms with Gasteiger partial charge in [0.25, 0.3) is 0 Å². The van der Waals surface area contributed by atoms with Crippen LogP contribution >= 0.6 is 0 Å². The first-order chi connectivity index (χ1) is 6.86. The summed E-state index contributed by atoms with van der Waals surface area (Å²) in [6.07, 6.45) is 2.96. The van der Waals surface area contributed by atoms with Gasteiger partial charge in [-0.2, -0.15) is 0 Å². The average molecular weight is 191 g/mol. The lowest BCUT2D eigenvalue weighted by Gasteiger charge is -2.15. The standard InChI is InChI=1S/C12H17NO/c14-12(9-11-7-4-8-13-11)10-5-2-1-3-6-10/h1-3,5-6,11-14H,4,7-9H2/t11-,12-/m1/s1. The fraction of sp³-hybridized carbons (Fsp3) is 0.500. The number of aliphatic hydroxyl groups excluding tert-OH is 1. The third-order valence-electron chi connectivity index (χ3n) is 2.85. The van der Waals surface area contributed by atoms with Gasteiger partial charge in [-0.1, -0.05) is 30.3 Å². The molecule has 0 unspecified atom stereocenters. The highest BCUT2D eigenvalue weighted by Gasteiger charge is 2.18. The van der Waals surface area contributed by atoms with Crippen LogP contribution in [0.4, 0.5) is 0 Å². The molecule has 0 aromatic heterocycles. The Morgan fingerprint density at radius 3 is 2.79 bits per heavy atom. The van der Waals surface area contributed by atoms with Crippen LogP contribution in [-0.2, 0) is 0 Å². The number of nitrogens with one attached hydrogen (secondary N) is 1. The molecule has 1 aliphatic heterocycles. The Morgan fingerprint density at radius 1 is 1.36 bits per heavy atom. The molecule has 1 aliphatic rings. The minimum atomic E-state index is -0.313. The zero-order valence-corrected chi connectivity index (χ0v) is 8.32. The average Bonchev–Trinajstić information content (AvgIpc) is 2.72. The Kier molecular flexibility index (Phi) is 3.17. The Hall–Kier alpha value is -0.860. The van der Waals surface area contributed by atoms with Crippen LogP contribution in [0.5, 0.6) is 0 Å². The third-order valence-corrected chi connectivity index (χ3v) is 2.85. The predicted molar refractivity (Wildman–Crippen MR) is 57.0 cm³/mol. The lowest BCUT2D eigenvalue weighted by Crippen LogP contribution is -2.23. The molecule has 2 N–H and O–H groups in total. The van der Waals surface area contributed by atoms with Crippen molar-refractivity contribution < 1.29 is 5.11 Å². The van der Waals surface area contributed by atoms with Gasteiger partial charge in [-0.3, -0.25) is 0 Å². The van der Waals surface area contributed by atoms with E-state index in [4.69, 9.17) is 0 Å². The lowest BCUT2D eigenvalue weighted by atomic mass is 10.0. The molecule has 2 heteroatoms. The van der Waals surface area contributed by atoms with E-state index in [2.05, 4.69) is 5.32 Å².